The largest absolute Gasteiger partial charge is 0.342 e. The van der Waals surface area contributed by atoms with Gasteiger partial charge in [-0.25, -0.2) is 8.42 Å². The monoisotopic (exact) mass is 457 g/mol. The van der Waals surface area contributed by atoms with Gasteiger partial charge in [0.1, 0.15) is 5.69 Å². The Labute approximate surface area is 189 Å². The minimum atomic E-state index is -3.71. The number of nitrogens with zero attached hydrogens (tertiary/aromatic N) is 2. The molecule has 1 fully saturated rings. The minimum Gasteiger partial charge on any atom is -0.342 e. The van der Waals surface area contributed by atoms with E-state index in [-0.39, 0.29) is 40.2 Å². The molecule has 2 aliphatic heterocycles. The van der Waals surface area contributed by atoms with Gasteiger partial charge >= 0.3 is 0 Å². The van der Waals surface area contributed by atoms with Crippen LogP contribution in [0.3, 0.4) is 0 Å². The summed E-state index contributed by atoms with van der Waals surface area (Å²) >= 11 is 0. The van der Waals surface area contributed by atoms with E-state index in [4.69, 9.17) is 0 Å². The van der Waals surface area contributed by atoms with Crippen molar-refractivity contribution in [1.29, 1.82) is 0 Å². The van der Waals surface area contributed by atoms with Crippen LogP contribution in [0.2, 0.25) is 0 Å². The van der Waals surface area contributed by atoms with Crippen LogP contribution in [0.4, 0.5) is 5.69 Å². The predicted molar refractivity (Wildman–Crippen MR) is 125 cm³/mol. The molecule has 0 unspecified atom stereocenters. The van der Waals surface area contributed by atoms with E-state index in [2.05, 4.69) is 25.5 Å². The summed E-state index contributed by atoms with van der Waals surface area (Å²) in [6, 6.07) is 12.3. The van der Waals surface area contributed by atoms with Gasteiger partial charge in [0.15, 0.2) is 0 Å². The van der Waals surface area contributed by atoms with Gasteiger partial charge in [-0.3, -0.25) is 14.3 Å². The van der Waals surface area contributed by atoms with Crippen LogP contribution in [-0.2, 0) is 27.1 Å². The van der Waals surface area contributed by atoms with E-state index >= 15 is 0 Å². The number of fused-ring (bicyclic) bond motifs is 4. The Morgan fingerprint density at radius 3 is 2.47 bits per heavy atom. The maximum Gasteiger partial charge on any atom is 0.275 e. The average molecular weight is 458 g/mol. The first-order valence-corrected chi connectivity index (χ1v) is 12.7. The summed E-state index contributed by atoms with van der Waals surface area (Å²) in [5, 5.41) is 0. The zero-order chi connectivity index (χ0) is 23.1. The van der Waals surface area contributed by atoms with Crippen LogP contribution >= 0.6 is 0 Å². The number of piperidine rings is 1. The van der Waals surface area contributed by atoms with Gasteiger partial charge in [-0.1, -0.05) is 51.1 Å². The Kier molecular flexibility index (Phi) is 5.92. The summed E-state index contributed by atoms with van der Waals surface area (Å²) < 4.78 is 29.4. The minimum absolute atomic E-state index is 0.0652. The molecule has 3 heterocycles. The number of anilines is 1. The van der Waals surface area contributed by atoms with E-state index < -0.39 is 10.0 Å². The molecule has 2 atom stereocenters. The molecular formula is C24H31N3O4S. The number of rotatable bonds is 5. The van der Waals surface area contributed by atoms with Crippen LogP contribution in [0, 0.1) is 11.3 Å². The number of hydrogen-bond acceptors (Lipinski definition) is 4. The molecule has 8 heteroatoms. The fourth-order valence-corrected chi connectivity index (χ4v) is 5.98. The Balaban J connectivity index is 1.53. The summed E-state index contributed by atoms with van der Waals surface area (Å²) in [4.78, 5) is 27.8. The lowest BCUT2D eigenvalue weighted by molar-refractivity contribution is -0.135. The molecule has 1 aromatic heterocycles. The van der Waals surface area contributed by atoms with Crippen molar-refractivity contribution in [3.8, 4) is 0 Å². The van der Waals surface area contributed by atoms with Gasteiger partial charge < -0.3 is 9.47 Å². The molecule has 32 heavy (non-hydrogen) atoms. The van der Waals surface area contributed by atoms with E-state index in [0.29, 0.717) is 31.6 Å². The number of likely N-dealkylation sites (tertiary alicyclic amines) is 1. The first-order valence-electron chi connectivity index (χ1n) is 11.1. The van der Waals surface area contributed by atoms with Crippen LogP contribution in [0.15, 0.2) is 47.3 Å². The van der Waals surface area contributed by atoms with Crippen molar-refractivity contribution in [3.05, 3.63) is 64.1 Å². The molecule has 1 saturated heterocycles. The Morgan fingerprint density at radius 2 is 1.78 bits per heavy atom. The Hall–Kier alpha value is -2.61. The standard InChI is InChI=1S/C24H31N3O4S/c1-24(2,3)12-22(28)26-13-18-11-19(15-26)21-10-9-20(23(29)27(21)14-18)25-32(30,31)16-17-7-5-4-6-8-17/h4-10,18-19,25H,11-16H2,1-3H3/t18-,19+/m0/s1. The van der Waals surface area contributed by atoms with E-state index in [0.717, 1.165) is 12.1 Å². The van der Waals surface area contributed by atoms with Crippen LogP contribution in [0.25, 0.3) is 0 Å². The number of nitrogens with one attached hydrogen (secondary N) is 1. The molecule has 1 N–H and O–H groups in total. The lowest BCUT2D eigenvalue weighted by atomic mass is 9.82. The molecule has 4 rings (SSSR count). The third-order valence-electron chi connectivity index (χ3n) is 6.10. The zero-order valence-corrected chi connectivity index (χ0v) is 19.7. The highest BCUT2D eigenvalue weighted by Crippen LogP contribution is 2.36. The normalized spacial score (nSPS) is 20.5. The number of carbonyl (C=O) groups is 1. The van der Waals surface area contributed by atoms with Crippen molar-refractivity contribution in [2.24, 2.45) is 11.3 Å². The fraction of sp³-hybridized carbons (Fsp3) is 0.500. The number of aromatic nitrogens is 1. The second kappa shape index (κ2) is 8.39. The van der Waals surface area contributed by atoms with Crippen molar-refractivity contribution in [1.82, 2.24) is 9.47 Å². The Bertz CT molecular complexity index is 1170. The molecule has 172 valence electrons. The number of sulfonamides is 1. The number of benzene rings is 1. The van der Waals surface area contributed by atoms with Gasteiger partial charge in [-0.15, -0.1) is 0 Å². The van der Waals surface area contributed by atoms with Crippen molar-refractivity contribution >= 4 is 21.6 Å². The highest BCUT2D eigenvalue weighted by atomic mass is 32.2. The first kappa shape index (κ1) is 22.6. The van der Waals surface area contributed by atoms with Crippen LogP contribution in [-0.4, -0.2) is 36.9 Å². The molecular weight excluding hydrogens is 426 g/mol. The molecule has 0 spiro atoms. The third-order valence-corrected chi connectivity index (χ3v) is 7.35. The van der Waals surface area contributed by atoms with Crippen LogP contribution < -0.4 is 10.3 Å². The van der Waals surface area contributed by atoms with Gasteiger partial charge in [0, 0.05) is 37.7 Å². The van der Waals surface area contributed by atoms with Crippen LogP contribution in [0.5, 0.6) is 0 Å². The summed E-state index contributed by atoms with van der Waals surface area (Å²) in [7, 11) is -3.71. The van der Waals surface area contributed by atoms with Crippen LogP contribution in [0.1, 0.15) is 50.8 Å². The SMILES string of the molecule is CC(C)(C)CC(=O)N1C[C@@H]2C[C@H](C1)c1ccc(NS(=O)(=O)Cc3ccccc3)c(=O)n1C2. The van der Waals surface area contributed by atoms with Crippen molar-refractivity contribution in [2.45, 2.75) is 51.8 Å². The summed E-state index contributed by atoms with van der Waals surface area (Å²) in [6.07, 6.45) is 1.44. The molecule has 7 nitrogen and oxygen atoms in total. The first-order chi connectivity index (χ1) is 15.0. The third kappa shape index (κ3) is 5.06. The molecule has 2 aromatic rings. The van der Waals surface area contributed by atoms with Crippen molar-refractivity contribution in [3.63, 3.8) is 0 Å². The lowest BCUT2D eigenvalue weighted by Gasteiger charge is -2.43. The Morgan fingerprint density at radius 1 is 1.06 bits per heavy atom. The van der Waals surface area contributed by atoms with E-state index in [1.807, 2.05) is 17.0 Å². The number of pyridine rings is 1. The molecule has 1 amide bonds. The molecule has 0 saturated carbocycles. The number of hydrogen-bond donors (Lipinski definition) is 1. The summed E-state index contributed by atoms with van der Waals surface area (Å²) in [6.45, 7) is 7.92. The van der Waals surface area contributed by atoms with Gasteiger partial charge in [-0.2, -0.15) is 0 Å². The molecule has 1 aromatic carbocycles. The second-order valence-electron chi connectivity index (χ2n) is 10.3. The summed E-state index contributed by atoms with van der Waals surface area (Å²) in [5.74, 6) is 0.256. The van der Waals surface area contributed by atoms with E-state index in [1.165, 1.54) is 0 Å². The predicted octanol–water partition coefficient (Wildman–Crippen LogP) is 3.17. The molecule has 2 bridgehead atoms. The molecule has 2 aliphatic rings. The van der Waals surface area contributed by atoms with Gasteiger partial charge in [-0.05, 0) is 35.4 Å². The fourth-order valence-electron chi connectivity index (χ4n) is 4.79. The van der Waals surface area contributed by atoms with Crippen molar-refractivity contribution < 1.29 is 13.2 Å². The lowest BCUT2D eigenvalue weighted by Crippen LogP contribution is -2.49. The zero-order valence-electron chi connectivity index (χ0n) is 18.9. The van der Waals surface area contributed by atoms with Gasteiger partial charge in [0.2, 0.25) is 15.9 Å². The number of amides is 1. The quantitative estimate of drug-likeness (QED) is 0.747. The molecule has 0 aliphatic carbocycles. The van der Waals surface area contributed by atoms with Gasteiger partial charge in [0.05, 0.1) is 5.75 Å². The molecule has 0 radical (unpaired) electrons. The number of carbonyl (C=O) groups excluding carboxylic acids is 1. The highest BCUT2D eigenvalue weighted by Gasteiger charge is 2.37. The topological polar surface area (TPSA) is 88.5 Å². The maximum absolute atomic E-state index is 13.1. The smallest absolute Gasteiger partial charge is 0.275 e. The second-order valence-corrected chi connectivity index (χ2v) is 12.0. The van der Waals surface area contributed by atoms with Gasteiger partial charge in [0.25, 0.3) is 5.56 Å². The van der Waals surface area contributed by atoms with E-state index in [9.17, 15) is 18.0 Å². The van der Waals surface area contributed by atoms with Crippen molar-refractivity contribution in [2.75, 3.05) is 17.8 Å². The average Bonchev–Trinajstić information content (AvgIpc) is 2.69. The highest BCUT2D eigenvalue weighted by molar-refractivity contribution is 7.91. The summed E-state index contributed by atoms with van der Waals surface area (Å²) in [5.41, 5.74) is 1.23. The van der Waals surface area contributed by atoms with E-state index in [1.54, 1.807) is 34.9 Å². The maximum atomic E-state index is 13.1.